The van der Waals surface area contributed by atoms with E-state index in [1.165, 1.54) is 0 Å². The zero-order chi connectivity index (χ0) is 12.3. The molecule has 0 aliphatic carbocycles. The fourth-order valence-electron chi connectivity index (χ4n) is 1.99. The molecular weight excluding hydrogens is 250 g/mol. The summed E-state index contributed by atoms with van der Waals surface area (Å²) in [5.41, 5.74) is 1.23. The van der Waals surface area contributed by atoms with Crippen LogP contribution in [0.25, 0.3) is 0 Å². The zero-order valence-electron chi connectivity index (χ0n) is 10.2. The number of piperazine rings is 1. The van der Waals surface area contributed by atoms with Crippen molar-refractivity contribution in [3.05, 3.63) is 35.4 Å². The average Bonchev–Trinajstić information content (AvgIpc) is 2.38. The van der Waals surface area contributed by atoms with Crippen molar-refractivity contribution in [3.8, 4) is 6.07 Å². The van der Waals surface area contributed by atoms with Crippen LogP contribution in [0.15, 0.2) is 24.3 Å². The van der Waals surface area contributed by atoms with Crippen LogP contribution in [-0.4, -0.2) is 36.5 Å². The van der Waals surface area contributed by atoms with Crippen molar-refractivity contribution in [3.63, 3.8) is 0 Å². The largest absolute Gasteiger partial charge is 0.336 e. The minimum absolute atomic E-state index is 0. The summed E-state index contributed by atoms with van der Waals surface area (Å²) in [6.45, 7) is 4.38. The number of nitrogens with zero attached hydrogens (tertiary/aromatic N) is 2. The molecule has 0 bridgehead atoms. The number of halogens is 1. The number of hydrogen-bond donors (Lipinski definition) is 1. The van der Waals surface area contributed by atoms with Crippen LogP contribution >= 0.6 is 12.4 Å². The Hall–Kier alpha value is -1.57. The average molecular weight is 266 g/mol. The van der Waals surface area contributed by atoms with Gasteiger partial charge >= 0.3 is 0 Å². The fourth-order valence-corrected chi connectivity index (χ4v) is 1.99. The molecule has 1 atom stereocenters. The van der Waals surface area contributed by atoms with Gasteiger partial charge in [-0.1, -0.05) is 0 Å². The lowest BCUT2D eigenvalue weighted by Gasteiger charge is -2.31. The van der Waals surface area contributed by atoms with Crippen LogP contribution in [-0.2, 0) is 0 Å². The zero-order valence-corrected chi connectivity index (χ0v) is 11.0. The maximum atomic E-state index is 12.2. The quantitative estimate of drug-likeness (QED) is 0.835. The van der Waals surface area contributed by atoms with Crippen molar-refractivity contribution in [2.45, 2.75) is 13.0 Å². The van der Waals surface area contributed by atoms with Crippen molar-refractivity contribution < 1.29 is 4.79 Å². The Balaban J connectivity index is 0.00000162. The summed E-state index contributed by atoms with van der Waals surface area (Å²) in [6.07, 6.45) is 0. The van der Waals surface area contributed by atoms with Gasteiger partial charge in [-0.15, -0.1) is 12.4 Å². The molecule has 1 aromatic rings. The summed E-state index contributed by atoms with van der Waals surface area (Å²) in [5.74, 6) is 0.0443. The number of nitrogens with one attached hydrogen (secondary N) is 1. The van der Waals surface area contributed by atoms with E-state index in [0.29, 0.717) is 17.2 Å². The highest BCUT2D eigenvalue weighted by Crippen LogP contribution is 2.09. The van der Waals surface area contributed by atoms with Gasteiger partial charge < -0.3 is 10.2 Å². The number of rotatable bonds is 1. The van der Waals surface area contributed by atoms with Gasteiger partial charge in [-0.05, 0) is 31.2 Å². The number of nitriles is 1. The van der Waals surface area contributed by atoms with Gasteiger partial charge in [0, 0.05) is 31.2 Å². The van der Waals surface area contributed by atoms with Gasteiger partial charge in [0.25, 0.3) is 5.91 Å². The first kappa shape index (κ1) is 14.5. The molecule has 1 aliphatic heterocycles. The van der Waals surface area contributed by atoms with E-state index in [0.717, 1.165) is 19.6 Å². The maximum Gasteiger partial charge on any atom is 0.253 e. The maximum absolute atomic E-state index is 12.2. The third-order valence-electron chi connectivity index (χ3n) is 2.92. The van der Waals surface area contributed by atoms with Gasteiger partial charge in [0.15, 0.2) is 0 Å². The van der Waals surface area contributed by atoms with Crippen LogP contribution in [0.2, 0.25) is 0 Å². The first-order valence-corrected chi connectivity index (χ1v) is 5.73. The number of amides is 1. The van der Waals surface area contributed by atoms with Gasteiger partial charge in [0.05, 0.1) is 11.6 Å². The lowest BCUT2D eigenvalue weighted by Crippen LogP contribution is -2.51. The molecule has 18 heavy (non-hydrogen) atoms. The van der Waals surface area contributed by atoms with Crippen molar-refractivity contribution in [2.24, 2.45) is 0 Å². The third-order valence-corrected chi connectivity index (χ3v) is 2.92. The van der Waals surface area contributed by atoms with E-state index in [4.69, 9.17) is 5.26 Å². The molecule has 1 aliphatic rings. The highest BCUT2D eigenvalue weighted by atomic mass is 35.5. The normalized spacial score (nSPS) is 18.7. The Morgan fingerprint density at radius 3 is 2.67 bits per heavy atom. The first-order chi connectivity index (χ1) is 8.20. The van der Waals surface area contributed by atoms with Gasteiger partial charge in [0.1, 0.15) is 0 Å². The van der Waals surface area contributed by atoms with Crippen LogP contribution in [0.5, 0.6) is 0 Å². The minimum atomic E-state index is 0. The van der Waals surface area contributed by atoms with Crippen LogP contribution in [0, 0.1) is 11.3 Å². The summed E-state index contributed by atoms with van der Waals surface area (Å²) in [4.78, 5) is 14.0. The molecule has 96 valence electrons. The molecule has 0 spiro atoms. The molecule has 1 N–H and O–H groups in total. The van der Waals surface area contributed by atoms with Gasteiger partial charge in [-0.2, -0.15) is 5.26 Å². The molecule has 1 saturated heterocycles. The minimum Gasteiger partial charge on any atom is -0.336 e. The van der Waals surface area contributed by atoms with Crippen molar-refractivity contribution >= 4 is 18.3 Å². The molecular formula is C13H16ClN3O. The van der Waals surface area contributed by atoms with E-state index in [-0.39, 0.29) is 18.3 Å². The second-order valence-electron chi connectivity index (χ2n) is 4.30. The molecule has 1 unspecified atom stereocenters. The fraction of sp³-hybridized carbons (Fsp3) is 0.385. The molecule has 2 rings (SSSR count). The second kappa shape index (κ2) is 6.39. The molecule has 0 radical (unpaired) electrons. The van der Waals surface area contributed by atoms with Crippen molar-refractivity contribution in [1.29, 1.82) is 5.26 Å². The molecule has 5 heteroatoms. The summed E-state index contributed by atoms with van der Waals surface area (Å²) in [5, 5.41) is 12.0. The predicted molar refractivity (Wildman–Crippen MR) is 71.8 cm³/mol. The Kier molecular flexibility index (Phi) is 5.14. The second-order valence-corrected chi connectivity index (χ2v) is 4.30. The van der Waals surface area contributed by atoms with E-state index < -0.39 is 0 Å². The molecule has 1 fully saturated rings. The van der Waals surface area contributed by atoms with Crippen LogP contribution in [0.3, 0.4) is 0 Å². The Morgan fingerprint density at radius 2 is 2.11 bits per heavy atom. The van der Waals surface area contributed by atoms with E-state index in [1.54, 1.807) is 24.3 Å². The highest BCUT2D eigenvalue weighted by Gasteiger charge is 2.21. The third kappa shape index (κ3) is 3.22. The topological polar surface area (TPSA) is 56.1 Å². The van der Waals surface area contributed by atoms with Crippen LogP contribution < -0.4 is 5.32 Å². The predicted octanol–water partition coefficient (Wildman–Crippen LogP) is 1.41. The first-order valence-electron chi connectivity index (χ1n) is 5.73. The van der Waals surface area contributed by atoms with E-state index in [9.17, 15) is 4.79 Å². The van der Waals surface area contributed by atoms with E-state index in [1.807, 2.05) is 11.0 Å². The monoisotopic (exact) mass is 265 g/mol. The van der Waals surface area contributed by atoms with Crippen molar-refractivity contribution in [1.82, 2.24) is 10.2 Å². The summed E-state index contributed by atoms with van der Waals surface area (Å²) in [7, 11) is 0. The van der Waals surface area contributed by atoms with E-state index in [2.05, 4.69) is 12.2 Å². The number of carbonyl (C=O) groups excluding carboxylic acids is 1. The van der Waals surface area contributed by atoms with Crippen LogP contribution in [0.4, 0.5) is 0 Å². The Labute approximate surface area is 113 Å². The number of hydrogen-bond acceptors (Lipinski definition) is 3. The molecule has 4 nitrogen and oxygen atoms in total. The Morgan fingerprint density at radius 1 is 1.44 bits per heavy atom. The van der Waals surface area contributed by atoms with Crippen molar-refractivity contribution in [2.75, 3.05) is 19.6 Å². The highest BCUT2D eigenvalue weighted by molar-refractivity contribution is 5.94. The molecule has 0 saturated carbocycles. The lowest BCUT2D eigenvalue weighted by atomic mass is 10.1. The molecule has 1 amide bonds. The molecule has 1 aromatic carbocycles. The van der Waals surface area contributed by atoms with E-state index >= 15 is 0 Å². The summed E-state index contributed by atoms with van der Waals surface area (Å²) in [6, 6.07) is 9.17. The van der Waals surface area contributed by atoms with Gasteiger partial charge in [-0.3, -0.25) is 4.79 Å². The summed E-state index contributed by atoms with van der Waals surface area (Å²) < 4.78 is 0. The van der Waals surface area contributed by atoms with Gasteiger partial charge in [0.2, 0.25) is 0 Å². The Bertz CT molecular complexity index is 452. The van der Waals surface area contributed by atoms with Crippen LogP contribution in [0.1, 0.15) is 22.8 Å². The lowest BCUT2D eigenvalue weighted by molar-refractivity contribution is 0.0709. The number of benzene rings is 1. The van der Waals surface area contributed by atoms with Gasteiger partial charge in [-0.25, -0.2) is 0 Å². The molecule has 0 aromatic heterocycles. The number of carbonyl (C=O) groups is 1. The smallest absolute Gasteiger partial charge is 0.253 e. The summed E-state index contributed by atoms with van der Waals surface area (Å²) >= 11 is 0. The SMILES string of the molecule is CC1CN(C(=O)c2ccc(C#N)cc2)CCN1.Cl. The molecule has 1 heterocycles. The standard InChI is InChI=1S/C13H15N3O.ClH/c1-10-9-16(7-6-15-10)13(17)12-4-2-11(8-14)3-5-12;/h2-5,10,15H,6-7,9H2,1H3;1H.